The van der Waals surface area contributed by atoms with E-state index in [0.29, 0.717) is 19.3 Å². The van der Waals surface area contributed by atoms with Crippen molar-refractivity contribution in [2.75, 3.05) is 6.54 Å². The largest absolute Gasteiger partial charge is 0.462 e. The molecule has 1 heterocycles. The molecule has 1 aliphatic heterocycles. The van der Waals surface area contributed by atoms with Gasteiger partial charge in [0.05, 0.1) is 6.10 Å². The zero-order valence-electron chi connectivity index (χ0n) is 12.2. The number of fused-ring (bicyclic) bond motifs is 1. The van der Waals surface area contributed by atoms with Crippen LogP contribution in [0.3, 0.4) is 0 Å². The highest BCUT2D eigenvalue weighted by molar-refractivity contribution is 7.83. The van der Waals surface area contributed by atoms with Crippen molar-refractivity contribution in [1.82, 2.24) is 4.72 Å². The summed E-state index contributed by atoms with van der Waals surface area (Å²) in [5, 5.41) is 0. The molecule has 2 N–H and O–H groups in total. The molecule has 1 aromatic rings. The molecular formula is C14H21NO5S. The lowest BCUT2D eigenvalue weighted by Crippen LogP contribution is -2.44. The maximum absolute atomic E-state index is 10.9. The van der Waals surface area contributed by atoms with Gasteiger partial charge in [-0.25, -0.2) is 0 Å². The predicted octanol–water partition coefficient (Wildman–Crippen LogP) is 1.92. The van der Waals surface area contributed by atoms with E-state index in [1.54, 1.807) is 0 Å². The van der Waals surface area contributed by atoms with E-state index in [1.807, 2.05) is 38.1 Å². The van der Waals surface area contributed by atoms with Gasteiger partial charge in [-0.05, 0) is 11.6 Å². The average molecular weight is 315 g/mol. The summed E-state index contributed by atoms with van der Waals surface area (Å²) in [6.07, 6.45) is 1.39. The second kappa shape index (κ2) is 6.31. The minimum atomic E-state index is -4.23. The highest BCUT2D eigenvalue weighted by atomic mass is 32.2. The van der Waals surface area contributed by atoms with Crippen LogP contribution in [-0.2, 0) is 21.5 Å². The van der Waals surface area contributed by atoms with Crippen molar-refractivity contribution >= 4 is 10.3 Å². The highest BCUT2D eigenvalue weighted by Gasteiger charge is 2.36. The molecule has 0 amide bonds. The van der Waals surface area contributed by atoms with E-state index in [1.165, 1.54) is 0 Å². The number of benzene rings is 1. The summed E-state index contributed by atoms with van der Waals surface area (Å²) in [4.78, 5) is 0. The first-order valence-corrected chi connectivity index (χ1v) is 8.48. The molecule has 2 rings (SSSR count). The molecule has 0 fully saturated rings. The number of ether oxygens (including phenoxy) is 2. The topological polar surface area (TPSA) is 84.9 Å². The molecule has 7 heteroatoms. The molecule has 1 aliphatic rings. The van der Waals surface area contributed by atoms with Crippen LogP contribution in [0, 0.1) is 0 Å². The lowest BCUT2D eigenvalue weighted by Gasteiger charge is -2.33. The summed E-state index contributed by atoms with van der Waals surface area (Å²) in [5.74, 6) is -0.0198. The molecule has 0 bridgehead atoms. The minimum Gasteiger partial charge on any atom is -0.462 e. The highest BCUT2D eigenvalue weighted by Crippen LogP contribution is 2.34. The summed E-state index contributed by atoms with van der Waals surface area (Å²) < 4.78 is 44.7. The predicted molar refractivity (Wildman–Crippen MR) is 78.5 cm³/mol. The zero-order valence-corrected chi connectivity index (χ0v) is 13.0. The summed E-state index contributed by atoms with van der Waals surface area (Å²) >= 11 is 0. The van der Waals surface area contributed by atoms with Crippen molar-refractivity contribution in [3.05, 3.63) is 29.8 Å². The van der Waals surface area contributed by atoms with E-state index in [9.17, 15) is 8.42 Å². The second-order valence-electron chi connectivity index (χ2n) is 5.10. The van der Waals surface area contributed by atoms with Crippen molar-refractivity contribution < 1.29 is 22.4 Å². The molecule has 1 atom stereocenters. The summed E-state index contributed by atoms with van der Waals surface area (Å²) in [6, 6.07) is 7.62. The molecular weight excluding hydrogens is 294 g/mol. The standard InChI is InChI=1S/C14H21NO5S/c1-3-14(4-2)19-12(10-15-21(16,17)18)9-11-7-5-6-8-13(11)20-14/h5-8,12,15H,3-4,9-10H2,1-2H3,(H,16,17,18). The number of para-hydroxylation sites is 1. The fraction of sp³-hybridized carbons (Fsp3) is 0.571. The van der Waals surface area contributed by atoms with Crippen LogP contribution in [0.5, 0.6) is 5.75 Å². The molecule has 1 aromatic carbocycles. The first kappa shape index (κ1) is 16.2. The van der Waals surface area contributed by atoms with Gasteiger partial charge in [0.25, 0.3) is 0 Å². The Morgan fingerprint density at radius 2 is 2.00 bits per heavy atom. The van der Waals surface area contributed by atoms with Gasteiger partial charge < -0.3 is 9.47 Å². The maximum Gasteiger partial charge on any atom is 0.333 e. The molecule has 0 aromatic heterocycles. The van der Waals surface area contributed by atoms with E-state index in [0.717, 1.165) is 11.3 Å². The van der Waals surface area contributed by atoms with Crippen molar-refractivity contribution in [2.24, 2.45) is 0 Å². The third-order valence-electron chi connectivity index (χ3n) is 3.67. The fourth-order valence-corrected chi connectivity index (χ4v) is 2.86. The number of nitrogens with one attached hydrogen (secondary N) is 1. The van der Waals surface area contributed by atoms with Gasteiger partial charge >= 0.3 is 10.3 Å². The van der Waals surface area contributed by atoms with Crippen LogP contribution in [-0.4, -0.2) is 31.4 Å². The van der Waals surface area contributed by atoms with Gasteiger partial charge in [-0.3, -0.25) is 4.55 Å². The van der Waals surface area contributed by atoms with E-state index >= 15 is 0 Å². The normalized spacial score (nSPS) is 21.2. The van der Waals surface area contributed by atoms with Gasteiger partial charge in [-0.15, -0.1) is 0 Å². The molecule has 0 radical (unpaired) electrons. The van der Waals surface area contributed by atoms with Gasteiger partial charge in [0.2, 0.25) is 5.79 Å². The molecule has 118 valence electrons. The van der Waals surface area contributed by atoms with Gasteiger partial charge in [0.15, 0.2) is 0 Å². The Kier molecular flexibility index (Phi) is 4.88. The minimum absolute atomic E-state index is 0.00171. The molecule has 1 unspecified atom stereocenters. The molecule has 6 nitrogen and oxygen atoms in total. The number of hydrogen-bond acceptors (Lipinski definition) is 4. The van der Waals surface area contributed by atoms with Crippen LogP contribution in [0.15, 0.2) is 24.3 Å². The third-order valence-corrected chi connectivity index (χ3v) is 4.20. The van der Waals surface area contributed by atoms with Crippen LogP contribution in [0.25, 0.3) is 0 Å². The summed E-state index contributed by atoms with van der Waals surface area (Å²) in [5.41, 5.74) is 0.961. The zero-order chi connectivity index (χ0) is 15.5. The molecule has 21 heavy (non-hydrogen) atoms. The molecule has 0 spiro atoms. The summed E-state index contributed by atoms with van der Waals surface area (Å²) in [7, 11) is -4.23. The lowest BCUT2D eigenvalue weighted by molar-refractivity contribution is -0.207. The SMILES string of the molecule is CCC1(CC)Oc2ccccc2CC(CNS(=O)(=O)O)O1. The van der Waals surface area contributed by atoms with Gasteiger partial charge in [-0.2, -0.15) is 13.1 Å². The molecule has 0 saturated carbocycles. The van der Waals surface area contributed by atoms with Crippen molar-refractivity contribution in [3.63, 3.8) is 0 Å². The van der Waals surface area contributed by atoms with Crippen LogP contribution in [0.1, 0.15) is 32.3 Å². The van der Waals surface area contributed by atoms with Crippen LogP contribution >= 0.6 is 0 Å². The monoisotopic (exact) mass is 315 g/mol. The van der Waals surface area contributed by atoms with E-state index < -0.39 is 22.2 Å². The maximum atomic E-state index is 10.9. The average Bonchev–Trinajstić information content (AvgIpc) is 2.61. The smallest absolute Gasteiger partial charge is 0.333 e. The van der Waals surface area contributed by atoms with E-state index in [-0.39, 0.29) is 6.54 Å². The van der Waals surface area contributed by atoms with Crippen LogP contribution in [0.4, 0.5) is 0 Å². The van der Waals surface area contributed by atoms with Gasteiger partial charge in [-0.1, -0.05) is 32.0 Å². The first-order chi connectivity index (χ1) is 9.87. The lowest BCUT2D eigenvalue weighted by atomic mass is 10.1. The van der Waals surface area contributed by atoms with Crippen molar-refractivity contribution in [3.8, 4) is 5.75 Å². The third kappa shape index (κ3) is 4.16. The second-order valence-corrected chi connectivity index (χ2v) is 6.33. The van der Waals surface area contributed by atoms with E-state index in [2.05, 4.69) is 4.72 Å². The molecule has 0 aliphatic carbocycles. The molecule has 0 saturated heterocycles. The Labute approximate surface area is 125 Å². The number of rotatable bonds is 5. The Hall–Kier alpha value is -1.15. The first-order valence-electron chi connectivity index (χ1n) is 7.04. The van der Waals surface area contributed by atoms with Crippen molar-refractivity contribution in [2.45, 2.75) is 45.0 Å². The Morgan fingerprint density at radius 1 is 1.33 bits per heavy atom. The Bertz CT molecular complexity index is 583. The quantitative estimate of drug-likeness (QED) is 0.811. The summed E-state index contributed by atoms with van der Waals surface area (Å²) in [6.45, 7) is 3.92. The Morgan fingerprint density at radius 3 is 2.62 bits per heavy atom. The van der Waals surface area contributed by atoms with Crippen LogP contribution in [0.2, 0.25) is 0 Å². The van der Waals surface area contributed by atoms with Gasteiger partial charge in [0, 0.05) is 25.8 Å². The van der Waals surface area contributed by atoms with Gasteiger partial charge in [0.1, 0.15) is 5.75 Å². The van der Waals surface area contributed by atoms with E-state index in [4.69, 9.17) is 14.0 Å². The fourth-order valence-electron chi connectivity index (χ4n) is 2.46. The Balaban J connectivity index is 2.27. The number of hydrogen-bond donors (Lipinski definition) is 2. The van der Waals surface area contributed by atoms with Crippen molar-refractivity contribution in [1.29, 1.82) is 0 Å². The van der Waals surface area contributed by atoms with Crippen LogP contribution < -0.4 is 9.46 Å².